The Kier molecular flexibility index (Phi) is 4.02. The Bertz CT molecular complexity index is 829. The number of aromatic nitrogens is 1. The van der Waals surface area contributed by atoms with Crippen LogP contribution in [0.1, 0.15) is 17.5 Å². The summed E-state index contributed by atoms with van der Waals surface area (Å²) in [5, 5.41) is 0. The van der Waals surface area contributed by atoms with Crippen LogP contribution in [0.25, 0.3) is 0 Å². The third kappa shape index (κ3) is 2.80. The van der Waals surface area contributed by atoms with Crippen molar-refractivity contribution >= 4 is 15.8 Å². The average molecular weight is 343 g/mol. The lowest BCUT2D eigenvalue weighted by Crippen LogP contribution is -2.48. The highest BCUT2D eigenvalue weighted by molar-refractivity contribution is 7.89. The Morgan fingerprint density at radius 2 is 1.71 bits per heavy atom. The van der Waals surface area contributed by atoms with E-state index in [1.54, 1.807) is 16.6 Å². The van der Waals surface area contributed by atoms with Crippen molar-refractivity contribution < 1.29 is 8.42 Å². The number of rotatable bonds is 3. The molecule has 1 fully saturated rings. The van der Waals surface area contributed by atoms with Gasteiger partial charge >= 0.3 is 0 Å². The monoisotopic (exact) mass is 343 g/mol. The number of aryl methyl sites for hydroxylation is 2. The van der Waals surface area contributed by atoms with E-state index in [1.807, 2.05) is 30.3 Å². The lowest BCUT2D eigenvalue weighted by atomic mass is 10.1. The van der Waals surface area contributed by atoms with Crippen LogP contribution in [0.3, 0.4) is 0 Å². The zero-order valence-electron chi connectivity index (χ0n) is 13.6. The van der Waals surface area contributed by atoms with Crippen LogP contribution in [0.4, 0.5) is 5.82 Å². The first kappa shape index (κ1) is 15.6. The Hall–Kier alpha value is -1.92. The summed E-state index contributed by atoms with van der Waals surface area (Å²) < 4.78 is 27.4. The van der Waals surface area contributed by atoms with Crippen molar-refractivity contribution in [1.82, 2.24) is 9.29 Å². The fraction of sp³-hybridized carbons (Fsp3) is 0.389. The Labute approximate surface area is 143 Å². The number of nitrogens with zero attached hydrogens (tertiary/aromatic N) is 3. The highest BCUT2D eigenvalue weighted by Crippen LogP contribution is 2.27. The molecular formula is C18H21N3O2S. The third-order valence-corrected chi connectivity index (χ3v) is 6.81. The van der Waals surface area contributed by atoms with Crippen LogP contribution in [-0.2, 0) is 22.9 Å². The number of anilines is 1. The number of hydrogen-bond acceptors (Lipinski definition) is 4. The molecule has 0 bridgehead atoms. The van der Waals surface area contributed by atoms with Gasteiger partial charge < -0.3 is 4.90 Å². The van der Waals surface area contributed by atoms with E-state index in [-0.39, 0.29) is 0 Å². The number of hydrogen-bond donors (Lipinski definition) is 0. The molecule has 1 aromatic heterocycles. The molecule has 1 saturated heterocycles. The summed E-state index contributed by atoms with van der Waals surface area (Å²) >= 11 is 0. The molecule has 126 valence electrons. The van der Waals surface area contributed by atoms with Crippen molar-refractivity contribution in [1.29, 1.82) is 0 Å². The van der Waals surface area contributed by atoms with Crippen molar-refractivity contribution in [3.63, 3.8) is 0 Å². The number of pyridine rings is 1. The summed E-state index contributed by atoms with van der Waals surface area (Å²) in [5.74, 6) is 0.909. The summed E-state index contributed by atoms with van der Waals surface area (Å²) in [7, 11) is -3.40. The quantitative estimate of drug-likeness (QED) is 0.856. The van der Waals surface area contributed by atoms with E-state index >= 15 is 0 Å². The number of piperazine rings is 1. The molecule has 0 unspecified atom stereocenters. The van der Waals surface area contributed by atoms with Crippen LogP contribution < -0.4 is 4.90 Å². The van der Waals surface area contributed by atoms with Gasteiger partial charge in [-0.05, 0) is 54.7 Å². The van der Waals surface area contributed by atoms with Crippen LogP contribution in [-0.4, -0.2) is 43.9 Å². The van der Waals surface area contributed by atoms with Gasteiger partial charge in [-0.1, -0.05) is 12.1 Å². The highest BCUT2D eigenvalue weighted by atomic mass is 32.2. The zero-order valence-corrected chi connectivity index (χ0v) is 14.4. The Balaban J connectivity index is 1.50. The molecule has 1 aliphatic heterocycles. The molecule has 6 heteroatoms. The second kappa shape index (κ2) is 6.18. The standard InChI is InChI=1S/C18H21N3O2S/c22-24(23,17-8-7-15-4-3-5-16(15)14-17)21-12-10-20(11-13-21)18-6-1-2-9-19-18/h1-2,6-9,14H,3-5,10-13H2. The SMILES string of the molecule is O=S(=O)(c1ccc2c(c1)CCC2)N1CCN(c2ccccn2)CC1. The summed E-state index contributed by atoms with van der Waals surface area (Å²) in [6.07, 6.45) is 4.95. The highest BCUT2D eigenvalue weighted by Gasteiger charge is 2.29. The van der Waals surface area contributed by atoms with Crippen molar-refractivity contribution in [3.8, 4) is 0 Å². The van der Waals surface area contributed by atoms with Crippen LogP contribution in [0.5, 0.6) is 0 Å². The lowest BCUT2D eigenvalue weighted by molar-refractivity contribution is 0.384. The second-order valence-electron chi connectivity index (χ2n) is 6.36. The summed E-state index contributed by atoms with van der Waals surface area (Å²) in [6, 6.07) is 11.4. The van der Waals surface area contributed by atoms with Gasteiger partial charge in [-0.15, -0.1) is 0 Å². The van der Waals surface area contributed by atoms with E-state index in [9.17, 15) is 8.42 Å². The van der Waals surface area contributed by atoms with E-state index in [0.717, 1.165) is 25.1 Å². The topological polar surface area (TPSA) is 53.5 Å². The molecule has 1 aromatic carbocycles. The first-order valence-corrected chi connectivity index (χ1v) is 9.86. The zero-order chi connectivity index (χ0) is 16.6. The lowest BCUT2D eigenvalue weighted by Gasteiger charge is -2.34. The fourth-order valence-electron chi connectivity index (χ4n) is 3.56. The normalized spacial score (nSPS) is 18.6. The summed E-state index contributed by atoms with van der Waals surface area (Å²) in [4.78, 5) is 6.92. The van der Waals surface area contributed by atoms with Gasteiger partial charge in [0, 0.05) is 32.4 Å². The van der Waals surface area contributed by atoms with Gasteiger partial charge in [0.25, 0.3) is 0 Å². The van der Waals surface area contributed by atoms with Gasteiger partial charge in [0.15, 0.2) is 0 Å². The minimum absolute atomic E-state index is 0.439. The minimum Gasteiger partial charge on any atom is -0.354 e. The molecule has 0 saturated carbocycles. The van der Waals surface area contributed by atoms with Gasteiger partial charge in [0.1, 0.15) is 5.82 Å². The van der Waals surface area contributed by atoms with Crippen molar-refractivity contribution in [3.05, 3.63) is 53.7 Å². The molecule has 1 aliphatic carbocycles. The maximum atomic E-state index is 12.9. The maximum absolute atomic E-state index is 12.9. The molecule has 24 heavy (non-hydrogen) atoms. The molecular weight excluding hydrogens is 322 g/mol. The molecule has 2 aromatic rings. The first-order valence-electron chi connectivity index (χ1n) is 8.42. The van der Waals surface area contributed by atoms with Crippen molar-refractivity contribution in [2.24, 2.45) is 0 Å². The minimum atomic E-state index is -3.40. The van der Waals surface area contributed by atoms with Crippen LogP contribution in [0, 0.1) is 0 Å². The van der Waals surface area contributed by atoms with Crippen LogP contribution >= 0.6 is 0 Å². The van der Waals surface area contributed by atoms with E-state index in [4.69, 9.17) is 0 Å². The molecule has 0 radical (unpaired) electrons. The largest absolute Gasteiger partial charge is 0.354 e. The van der Waals surface area contributed by atoms with E-state index in [0.29, 0.717) is 31.1 Å². The Morgan fingerprint density at radius 3 is 2.46 bits per heavy atom. The fourth-order valence-corrected chi connectivity index (χ4v) is 5.03. The summed E-state index contributed by atoms with van der Waals surface area (Å²) in [5.41, 5.74) is 2.50. The van der Waals surface area contributed by atoms with E-state index in [2.05, 4.69) is 9.88 Å². The van der Waals surface area contributed by atoms with Gasteiger partial charge in [-0.2, -0.15) is 4.31 Å². The maximum Gasteiger partial charge on any atom is 0.243 e. The molecule has 5 nitrogen and oxygen atoms in total. The van der Waals surface area contributed by atoms with Gasteiger partial charge in [0.05, 0.1) is 4.90 Å². The van der Waals surface area contributed by atoms with Crippen molar-refractivity contribution in [2.75, 3.05) is 31.1 Å². The van der Waals surface area contributed by atoms with Gasteiger partial charge in [0.2, 0.25) is 10.0 Å². The number of fused-ring (bicyclic) bond motifs is 1. The molecule has 2 aliphatic rings. The predicted molar refractivity (Wildman–Crippen MR) is 93.7 cm³/mol. The molecule has 0 atom stereocenters. The van der Waals surface area contributed by atoms with Gasteiger partial charge in [-0.3, -0.25) is 0 Å². The van der Waals surface area contributed by atoms with Crippen LogP contribution in [0.2, 0.25) is 0 Å². The molecule has 0 N–H and O–H groups in total. The second-order valence-corrected chi connectivity index (χ2v) is 8.30. The number of benzene rings is 1. The predicted octanol–water partition coefficient (Wildman–Crippen LogP) is 2.08. The van der Waals surface area contributed by atoms with E-state index < -0.39 is 10.0 Å². The Morgan fingerprint density at radius 1 is 0.917 bits per heavy atom. The molecule has 4 rings (SSSR count). The first-order chi connectivity index (χ1) is 11.6. The molecule has 0 amide bonds. The van der Waals surface area contributed by atoms with E-state index in [1.165, 1.54) is 11.1 Å². The average Bonchev–Trinajstić information content (AvgIpc) is 3.10. The molecule has 0 spiro atoms. The van der Waals surface area contributed by atoms with Crippen molar-refractivity contribution in [2.45, 2.75) is 24.2 Å². The summed E-state index contributed by atoms with van der Waals surface area (Å²) in [6.45, 7) is 2.33. The third-order valence-electron chi connectivity index (χ3n) is 4.92. The molecule has 2 heterocycles. The van der Waals surface area contributed by atoms with Crippen LogP contribution in [0.15, 0.2) is 47.5 Å². The number of sulfonamides is 1. The van der Waals surface area contributed by atoms with Gasteiger partial charge in [-0.25, -0.2) is 13.4 Å². The smallest absolute Gasteiger partial charge is 0.243 e.